The number of hydrogen-bond donors (Lipinski definition) is 2. The van der Waals surface area contributed by atoms with Gasteiger partial charge >= 0.3 is 18.1 Å². The van der Waals surface area contributed by atoms with Crippen molar-refractivity contribution < 1.29 is 46.9 Å². The number of carbonyl (C=O) groups excluding carboxylic acids is 2. The largest absolute Gasteiger partial charge is 0.496 e. The number of piperazine rings is 1. The predicted molar refractivity (Wildman–Crippen MR) is 180 cm³/mol. The molecule has 2 aliphatic rings. The van der Waals surface area contributed by atoms with Crippen molar-refractivity contribution in [1.29, 1.82) is 0 Å². The normalized spacial score (nSPS) is 17.1. The number of methoxy groups -OCH3 is 1. The van der Waals surface area contributed by atoms with Crippen molar-refractivity contribution in [2.45, 2.75) is 50.9 Å². The second-order valence-electron chi connectivity index (χ2n) is 11.6. The van der Waals surface area contributed by atoms with Gasteiger partial charge in [0.2, 0.25) is 5.91 Å². The van der Waals surface area contributed by atoms with Gasteiger partial charge < -0.3 is 29.5 Å². The monoisotopic (exact) mass is 746 g/mol. The summed E-state index contributed by atoms with van der Waals surface area (Å²) in [4.78, 5) is 35.9. The van der Waals surface area contributed by atoms with E-state index in [4.69, 9.17) is 24.1 Å². The summed E-state index contributed by atoms with van der Waals surface area (Å²) < 4.78 is 49.9. The summed E-state index contributed by atoms with van der Waals surface area (Å²) in [5.74, 6) is -1.48. The maximum Gasteiger partial charge on any atom is 0.490 e. The zero-order valence-electron chi connectivity index (χ0n) is 27.1. The Morgan fingerprint density at radius 3 is 2.27 bits per heavy atom. The van der Waals surface area contributed by atoms with Crippen molar-refractivity contribution in [2.75, 3.05) is 33.4 Å². The summed E-state index contributed by atoms with van der Waals surface area (Å²) in [6.07, 6.45) is -2.37. The number of fused-ring (bicyclic) bond motifs is 2. The van der Waals surface area contributed by atoms with Gasteiger partial charge in [0, 0.05) is 31.6 Å². The van der Waals surface area contributed by atoms with Gasteiger partial charge in [-0.1, -0.05) is 54.6 Å². The van der Waals surface area contributed by atoms with Gasteiger partial charge in [-0.25, -0.2) is 4.79 Å². The van der Waals surface area contributed by atoms with Crippen LogP contribution in [0.4, 0.5) is 13.2 Å². The number of amides is 1. The van der Waals surface area contributed by atoms with Gasteiger partial charge in [0.05, 0.1) is 30.7 Å². The van der Waals surface area contributed by atoms with Crippen molar-refractivity contribution in [2.24, 2.45) is 0 Å². The highest BCUT2D eigenvalue weighted by Crippen LogP contribution is 2.34. The molecule has 9 nitrogen and oxygen atoms in total. The smallest absolute Gasteiger partial charge is 0.490 e. The summed E-state index contributed by atoms with van der Waals surface area (Å²) >= 11 is 3.53. The molecule has 3 aromatic carbocycles. The fourth-order valence-electron chi connectivity index (χ4n) is 5.73. The highest BCUT2D eigenvalue weighted by Gasteiger charge is 2.38. The summed E-state index contributed by atoms with van der Waals surface area (Å²) in [5, 5.41) is 10.8. The van der Waals surface area contributed by atoms with E-state index in [9.17, 15) is 22.8 Å². The number of alkyl halides is 3. The number of aliphatic carboxylic acids is 1. The van der Waals surface area contributed by atoms with Crippen molar-refractivity contribution >= 4 is 39.3 Å². The molecular formula is C36H38BrF3N2O7. The first-order chi connectivity index (χ1) is 23.3. The predicted octanol–water partition coefficient (Wildman–Crippen LogP) is 6.23. The fraction of sp³-hybridized carbons (Fsp3) is 0.361. The van der Waals surface area contributed by atoms with Gasteiger partial charge in [-0.3, -0.25) is 9.59 Å². The summed E-state index contributed by atoms with van der Waals surface area (Å²) in [7, 11) is 1.60. The van der Waals surface area contributed by atoms with E-state index in [1.807, 2.05) is 53.4 Å². The van der Waals surface area contributed by atoms with Crippen molar-refractivity contribution in [3.05, 3.63) is 99.5 Å². The lowest BCUT2D eigenvalue weighted by Crippen LogP contribution is -2.60. The van der Waals surface area contributed by atoms with Gasteiger partial charge in [-0.05, 0) is 75.7 Å². The standard InChI is InChI=1S/C34H37BrN2O5.C2HF3O2/c1-23(38)37-20-27-19-28(25-15-13-24(14-16-25)8-7-17-41-33-12-6-4-10-30(33)35)29(31(21-37)36-27)22-42-34(39)18-26-9-3-5-11-32(26)40-2;3-2(4,5)1(6)7/h3-6,9-16,27,31,36H,7-8,17-22H2,1-2H3;(H,6,7)/t27-,31-;/m1./s1. The molecule has 0 spiro atoms. The molecule has 2 N–H and O–H groups in total. The molecule has 13 heteroatoms. The Balaban J connectivity index is 0.000000698. The molecule has 5 rings (SSSR count). The molecule has 262 valence electrons. The van der Waals surface area contributed by atoms with E-state index in [1.165, 1.54) is 11.1 Å². The molecule has 1 amide bonds. The molecule has 0 aliphatic carbocycles. The molecule has 0 saturated carbocycles. The lowest BCUT2D eigenvalue weighted by Gasteiger charge is -2.44. The Hall–Kier alpha value is -4.36. The van der Waals surface area contributed by atoms with Crippen molar-refractivity contribution in [3.63, 3.8) is 0 Å². The minimum absolute atomic E-state index is 0.0652. The number of rotatable bonds is 11. The van der Waals surface area contributed by atoms with Gasteiger partial charge in [0.15, 0.2) is 0 Å². The van der Waals surface area contributed by atoms with Crippen LogP contribution >= 0.6 is 15.9 Å². The van der Waals surface area contributed by atoms with Crippen LogP contribution in [0.3, 0.4) is 0 Å². The zero-order valence-corrected chi connectivity index (χ0v) is 28.7. The first-order valence-electron chi connectivity index (χ1n) is 15.6. The number of nitrogens with one attached hydrogen (secondary N) is 1. The molecule has 3 aromatic rings. The number of carboxylic acids is 1. The van der Waals surface area contributed by atoms with E-state index >= 15 is 0 Å². The van der Waals surface area contributed by atoms with Gasteiger partial charge in [-0.15, -0.1) is 0 Å². The molecule has 2 heterocycles. The molecule has 0 aromatic heterocycles. The summed E-state index contributed by atoms with van der Waals surface area (Å²) in [6, 6.07) is 24.1. The number of nitrogens with zero attached hydrogens (tertiary/aromatic N) is 1. The Morgan fingerprint density at radius 1 is 0.980 bits per heavy atom. The van der Waals surface area contributed by atoms with Crippen LogP contribution in [0.2, 0.25) is 0 Å². The molecule has 1 fully saturated rings. The maximum absolute atomic E-state index is 12.9. The number of carbonyl (C=O) groups is 3. The molecule has 0 unspecified atom stereocenters. The van der Waals surface area contributed by atoms with Gasteiger partial charge in [0.1, 0.15) is 18.1 Å². The number of halogens is 4. The quantitative estimate of drug-likeness (QED) is 0.175. The minimum Gasteiger partial charge on any atom is -0.496 e. The Bertz CT molecular complexity index is 1650. The fourth-order valence-corrected chi connectivity index (χ4v) is 6.13. The van der Waals surface area contributed by atoms with Crippen LogP contribution in [0.1, 0.15) is 36.5 Å². The van der Waals surface area contributed by atoms with Crippen LogP contribution in [0.15, 0.2) is 82.8 Å². The van der Waals surface area contributed by atoms with E-state index in [2.05, 4.69) is 45.5 Å². The third-order valence-corrected chi connectivity index (χ3v) is 8.80. The van der Waals surface area contributed by atoms with Gasteiger partial charge in [0.25, 0.3) is 0 Å². The lowest BCUT2D eigenvalue weighted by molar-refractivity contribution is -0.192. The number of hydrogen-bond acceptors (Lipinski definition) is 7. The average Bonchev–Trinajstić information content (AvgIpc) is 3.07. The molecular weight excluding hydrogens is 709 g/mol. The van der Waals surface area contributed by atoms with E-state index in [1.54, 1.807) is 14.0 Å². The number of aryl methyl sites for hydroxylation is 1. The third-order valence-electron chi connectivity index (χ3n) is 8.15. The summed E-state index contributed by atoms with van der Waals surface area (Å²) in [6.45, 7) is 3.66. The van der Waals surface area contributed by atoms with Crippen LogP contribution in [0.25, 0.3) is 5.57 Å². The Kier molecular flexibility index (Phi) is 13.3. The maximum atomic E-state index is 12.9. The van der Waals surface area contributed by atoms with E-state index in [0.717, 1.165) is 46.2 Å². The Morgan fingerprint density at radius 2 is 1.63 bits per heavy atom. The molecule has 0 radical (unpaired) electrons. The van der Waals surface area contributed by atoms with Crippen LogP contribution in [0.5, 0.6) is 11.5 Å². The van der Waals surface area contributed by atoms with E-state index < -0.39 is 12.1 Å². The first kappa shape index (κ1) is 37.5. The molecule has 49 heavy (non-hydrogen) atoms. The van der Waals surface area contributed by atoms with Crippen LogP contribution in [-0.4, -0.2) is 79.5 Å². The summed E-state index contributed by atoms with van der Waals surface area (Å²) in [5.41, 5.74) is 5.39. The molecule has 2 bridgehead atoms. The highest BCUT2D eigenvalue weighted by molar-refractivity contribution is 9.10. The molecule has 2 atom stereocenters. The number of ether oxygens (including phenoxy) is 3. The zero-order chi connectivity index (χ0) is 35.6. The first-order valence-corrected chi connectivity index (χ1v) is 16.4. The number of para-hydroxylation sites is 2. The topological polar surface area (TPSA) is 114 Å². The average molecular weight is 748 g/mol. The second-order valence-corrected chi connectivity index (χ2v) is 12.4. The second kappa shape index (κ2) is 17.3. The van der Waals surface area contributed by atoms with Crippen molar-refractivity contribution in [1.82, 2.24) is 10.2 Å². The van der Waals surface area contributed by atoms with E-state index in [-0.39, 0.29) is 37.0 Å². The molecule has 2 aliphatic heterocycles. The van der Waals surface area contributed by atoms with Crippen LogP contribution in [0, 0.1) is 0 Å². The number of carboxylic acid groups (broad SMARTS) is 1. The number of benzene rings is 3. The highest BCUT2D eigenvalue weighted by atomic mass is 79.9. The van der Waals surface area contributed by atoms with Crippen LogP contribution < -0.4 is 14.8 Å². The minimum atomic E-state index is -5.08. The van der Waals surface area contributed by atoms with E-state index in [0.29, 0.717) is 25.4 Å². The Labute approximate surface area is 291 Å². The lowest BCUT2D eigenvalue weighted by atomic mass is 9.83. The molecule has 1 saturated heterocycles. The van der Waals surface area contributed by atoms with Crippen molar-refractivity contribution in [3.8, 4) is 11.5 Å². The third kappa shape index (κ3) is 10.8. The SMILES string of the molecule is COc1ccccc1CC(=O)OCC1=C(c2ccc(CCCOc3ccccc3Br)cc2)C[C@@H]2CN(C(C)=O)C[C@H]1N2.O=C(O)C(F)(F)F. The van der Waals surface area contributed by atoms with Gasteiger partial charge in [-0.2, -0.15) is 13.2 Å². The number of esters is 1. The van der Waals surface area contributed by atoms with Crippen LogP contribution in [-0.2, 0) is 32.0 Å².